The molecule has 3 aliphatic heterocycles. The van der Waals surface area contributed by atoms with Crippen molar-refractivity contribution in [1.82, 2.24) is 9.91 Å². The van der Waals surface area contributed by atoms with Gasteiger partial charge in [-0.3, -0.25) is 0 Å². The molecule has 2 aromatic rings. The van der Waals surface area contributed by atoms with Crippen LogP contribution in [-0.2, 0) is 0 Å². The molecule has 0 amide bonds. The van der Waals surface area contributed by atoms with E-state index in [1.165, 1.54) is 0 Å². The first-order valence-electron chi connectivity index (χ1n) is 11.1. The average Bonchev–Trinajstić information content (AvgIpc) is 3.23. The van der Waals surface area contributed by atoms with E-state index < -0.39 is 12.3 Å². The number of alkyl halides is 2. The standard InChI is InChI=1S/C24H26BrF2N3O2/c1-2-11-29-12-9-24(10-13-29)30-20(18-14-16(25)7-8-22(18)32-24)15-19(28-30)17-5-3-4-6-21(17)31-23(26)27/h3-8,14,20,23H,2,9-13,15H2,1H3/t20-/m0/s1. The van der Waals surface area contributed by atoms with Crippen LogP contribution in [0, 0.1) is 0 Å². The molecular formula is C24H26BrF2N3O2. The maximum atomic E-state index is 13.0. The summed E-state index contributed by atoms with van der Waals surface area (Å²) in [4.78, 5) is 2.47. The topological polar surface area (TPSA) is 37.3 Å². The minimum Gasteiger partial charge on any atom is -0.466 e. The van der Waals surface area contributed by atoms with E-state index in [-0.39, 0.29) is 11.8 Å². The fraction of sp³-hybridized carbons (Fsp3) is 0.458. The van der Waals surface area contributed by atoms with Crippen molar-refractivity contribution < 1.29 is 18.3 Å². The van der Waals surface area contributed by atoms with Crippen LogP contribution in [0.2, 0.25) is 0 Å². The Balaban J connectivity index is 1.53. The van der Waals surface area contributed by atoms with Gasteiger partial charge in [-0.1, -0.05) is 35.0 Å². The molecule has 1 fully saturated rings. The number of para-hydroxylation sites is 1. The Bertz CT molecular complexity index is 1020. The van der Waals surface area contributed by atoms with Gasteiger partial charge in [0.1, 0.15) is 11.5 Å². The van der Waals surface area contributed by atoms with E-state index in [0.717, 1.165) is 60.4 Å². The smallest absolute Gasteiger partial charge is 0.387 e. The minimum atomic E-state index is -2.88. The second kappa shape index (κ2) is 8.63. The van der Waals surface area contributed by atoms with Crippen LogP contribution in [0.15, 0.2) is 52.0 Å². The van der Waals surface area contributed by atoms with Gasteiger partial charge in [0, 0.05) is 48.0 Å². The first kappa shape index (κ1) is 21.6. The van der Waals surface area contributed by atoms with E-state index in [1.54, 1.807) is 18.2 Å². The van der Waals surface area contributed by atoms with Gasteiger partial charge < -0.3 is 14.4 Å². The molecule has 5 nitrogen and oxygen atoms in total. The van der Waals surface area contributed by atoms with Crippen molar-refractivity contribution in [2.75, 3.05) is 19.6 Å². The van der Waals surface area contributed by atoms with Crippen molar-refractivity contribution in [3.8, 4) is 11.5 Å². The molecule has 0 unspecified atom stereocenters. The molecule has 2 aromatic carbocycles. The van der Waals surface area contributed by atoms with E-state index in [1.807, 2.05) is 18.2 Å². The zero-order valence-corrected chi connectivity index (χ0v) is 19.5. The molecule has 5 rings (SSSR count). The number of hydrazone groups is 1. The highest BCUT2D eigenvalue weighted by Crippen LogP contribution is 2.51. The van der Waals surface area contributed by atoms with E-state index in [9.17, 15) is 8.78 Å². The Morgan fingerprint density at radius 2 is 2.00 bits per heavy atom. The Morgan fingerprint density at radius 1 is 1.22 bits per heavy atom. The number of halogens is 3. The maximum Gasteiger partial charge on any atom is 0.387 e. The van der Waals surface area contributed by atoms with Crippen LogP contribution in [0.4, 0.5) is 8.78 Å². The number of nitrogens with zero attached hydrogens (tertiary/aromatic N) is 3. The first-order valence-corrected chi connectivity index (χ1v) is 11.9. The second-order valence-electron chi connectivity index (χ2n) is 8.56. The fourth-order valence-electron chi connectivity index (χ4n) is 5.09. The fourth-order valence-corrected chi connectivity index (χ4v) is 5.47. The van der Waals surface area contributed by atoms with Gasteiger partial charge in [-0.05, 0) is 43.3 Å². The molecule has 1 atom stereocenters. The SMILES string of the molecule is CCCN1CCC2(CC1)Oc1ccc(Br)cc1[C@@H]1CC(c3ccccc3OC(F)F)=NN12. The lowest BCUT2D eigenvalue weighted by atomic mass is 9.90. The largest absolute Gasteiger partial charge is 0.466 e. The van der Waals surface area contributed by atoms with Crippen LogP contribution in [0.5, 0.6) is 11.5 Å². The number of ether oxygens (including phenoxy) is 2. The van der Waals surface area contributed by atoms with Crippen molar-refractivity contribution in [1.29, 1.82) is 0 Å². The van der Waals surface area contributed by atoms with Crippen molar-refractivity contribution in [2.45, 2.75) is 51.0 Å². The maximum absolute atomic E-state index is 13.0. The van der Waals surface area contributed by atoms with Crippen LogP contribution in [0.25, 0.3) is 0 Å². The molecule has 0 saturated carbocycles. The molecule has 3 aliphatic rings. The normalized spacial score (nSPS) is 21.8. The molecule has 32 heavy (non-hydrogen) atoms. The zero-order valence-electron chi connectivity index (χ0n) is 17.9. The number of fused-ring (bicyclic) bond motifs is 4. The van der Waals surface area contributed by atoms with E-state index in [4.69, 9.17) is 14.6 Å². The molecular weight excluding hydrogens is 480 g/mol. The van der Waals surface area contributed by atoms with Crippen molar-refractivity contribution in [3.05, 3.63) is 58.1 Å². The predicted octanol–water partition coefficient (Wildman–Crippen LogP) is 5.80. The highest BCUT2D eigenvalue weighted by atomic mass is 79.9. The van der Waals surface area contributed by atoms with Gasteiger partial charge in [-0.2, -0.15) is 13.9 Å². The van der Waals surface area contributed by atoms with Gasteiger partial charge >= 0.3 is 6.61 Å². The van der Waals surface area contributed by atoms with Gasteiger partial charge in [-0.15, -0.1) is 0 Å². The van der Waals surface area contributed by atoms with Gasteiger partial charge in [0.05, 0.1) is 11.8 Å². The van der Waals surface area contributed by atoms with Gasteiger partial charge in [0.25, 0.3) is 0 Å². The first-order chi connectivity index (χ1) is 15.5. The number of hydrogen-bond acceptors (Lipinski definition) is 5. The molecule has 0 N–H and O–H groups in total. The van der Waals surface area contributed by atoms with Crippen molar-refractivity contribution in [3.63, 3.8) is 0 Å². The second-order valence-corrected chi connectivity index (χ2v) is 9.47. The van der Waals surface area contributed by atoms with Crippen LogP contribution in [0.3, 0.4) is 0 Å². The van der Waals surface area contributed by atoms with Crippen LogP contribution >= 0.6 is 15.9 Å². The lowest BCUT2D eigenvalue weighted by Gasteiger charge is -2.51. The molecule has 1 spiro atoms. The third-order valence-corrected chi connectivity index (χ3v) is 7.04. The molecule has 8 heteroatoms. The Labute approximate surface area is 195 Å². The van der Waals surface area contributed by atoms with Crippen molar-refractivity contribution in [2.24, 2.45) is 5.10 Å². The summed E-state index contributed by atoms with van der Waals surface area (Å²) in [7, 11) is 0. The zero-order chi connectivity index (χ0) is 22.3. The van der Waals surface area contributed by atoms with Gasteiger partial charge in [-0.25, -0.2) is 5.01 Å². The van der Waals surface area contributed by atoms with Crippen LogP contribution in [-0.4, -0.2) is 47.6 Å². The third-order valence-electron chi connectivity index (χ3n) is 6.55. The van der Waals surface area contributed by atoms with Crippen LogP contribution < -0.4 is 9.47 Å². The number of likely N-dealkylation sites (tertiary alicyclic amines) is 1. The highest BCUT2D eigenvalue weighted by molar-refractivity contribution is 9.10. The van der Waals surface area contributed by atoms with Gasteiger partial charge in [0.2, 0.25) is 5.72 Å². The molecule has 170 valence electrons. The Morgan fingerprint density at radius 3 is 2.75 bits per heavy atom. The summed E-state index contributed by atoms with van der Waals surface area (Å²) in [5.41, 5.74) is 1.89. The molecule has 0 aliphatic carbocycles. The summed E-state index contributed by atoms with van der Waals surface area (Å²) in [5.74, 6) is 1.04. The number of benzene rings is 2. The monoisotopic (exact) mass is 505 g/mol. The lowest BCUT2D eigenvalue weighted by Crippen LogP contribution is -2.59. The number of rotatable bonds is 5. The van der Waals surface area contributed by atoms with Crippen LogP contribution in [0.1, 0.15) is 49.8 Å². The summed E-state index contributed by atoms with van der Waals surface area (Å²) < 4.78 is 38.4. The highest BCUT2D eigenvalue weighted by Gasteiger charge is 2.52. The summed E-state index contributed by atoms with van der Waals surface area (Å²) >= 11 is 3.58. The average molecular weight is 506 g/mol. The van der Waals surface area contributed by atoms with E-state index >= 15 is 0 Å². The molecule has 3 heterocycles. The summed E-state index contributed by atoms with van der Waals surface area (Å²) in [6, 6.07) is 13.0. The number of piperidine rings is 1. The number of hydrogen-bond donors (Lipinski definition) is 0. The summed E-state index contributed by atoms with van der Waals surface area (Å²) in [6.07, 6.45) is 3.41. The quantitative estimate of drug-likeness (QED) is 0.514. The third kappa shape index (κ3) is 3.88. The lowest BCUT2D eigenvalue weighted by molar-refractivity contribution is -0.149. The van der Waals surface area contributed by atoms with E-state index in [0.29, 0.717) is 12.0 Å². The molecule has 1 saturated heterocycles. The van der Waals surface area contributed by atoms with E-state index in [2.05, 4.69) is 38.8 Å². The predicted molar refractivity (Wildman–Crippen MR) is 122 cm³/mol. The van der Waals surface area contributed by atoms with Crippen molar-refractivity contribution >= 4 is 21.6 Å². The minimum absolute atomic E-state index is 0.0106. The Kier molecular flexibility index (Phi) is 5.84. The Hall–Kier alpha value is -2.19. The summed E-state index contributed by atoms with van der Waals surface area (Å²) in [5, 5.41) is 7.09. The molecule has 0 bridgehead atoms. The molecule has 0 radical (unpaired) electrons. The van der Waals surface area contributed by atoms with Gasteiger partial charge in [0.15, 0.2) is 0 Å². The summed E-state index contributed by atoms with van der Waals surface area (Å²) in [6.45, 7) is 2.28. The molecule has 0 aromatic heterocycles.